The van der Waals surface area contributed by atoms with Crippen LogP contribution >= 0.6 is 0 Å². The molecule has 2 N–H and O–H groups in total. The molecule has 21 heavy (non-hydrogen) atoms. The number of anilines is 1. The van der Waals surface area contributed by atoms with E-state index in [1.807, 2.05) is 0 Å². The van der Waals surface area contributed by atoms with E-state index in [0.717, 1.165) is 6.26 Å². The highest BCUT2D eigenvalue weighted by Crippen LogP contribution is 2.26. The van der Waals surface area contributed by atoms with Crippen LogP contribution < -0.4 is 14.8 Å². The maximum atomic E-state index is 12.2. The standard InChI is InChI=1S/C13H20N2O5S/c1-19-9-5-8-14-13(16)12-10(15-21(3,17)18)6-4-7-11(12)20-2/h4,6-7,15H,5,8-9H2,1-3H3,(H,14,16). The van der Waals surface area contributed by atoms with E-state index in [1.54, 1.807) is 19.2 Å². The summed E-state index contributed by atoms with van der Waals surface area (Å²) >= 11 is 0. The zero-order valence-electron chi connectivity index (χ0n) is 12.3. The third kappa shape index (κ3) is 5.60. The van der Waals surface area contributed by atoms with E-state index < -0.39 is 15.9 Å². The highest BCUT2D eigenvalue weighted by molar-refractivity contribution is 7.92. The Balaban J connectivity index is 2.98. The van der Waals surface area contributed by atoms with Crippen molar-refractivity contribution in [3.8, 4) is 5.75 Å². The average Bonchev–Trinajstić information content (AvgIpc) is 2.41. The van der Waals surface area contributed by atoms with Gasteiger partial charge in [0, 0.05) is 20.3 Å². The summed E-state index contributed by atoms with van der Waals surface area (Å²) in [6.07, 6.45) is 1.68. The third-order valence-corrected chi connectivity index (χ3v) is 3.17. The Hall–Kier alpha value is -1.80. The molecule has 0 radical (unpaired) electrons. The van der Waals surface area contributed by atoms with E-state index in [1.165, 1.54) is 13.2 Å². The Labute approximate surface area is 124 Å². The molecule has 0 saturated heterocycles. The van der Waals surface area contributed by atoms with E-state index in [-0.39, 0.29) is 11.3 Å². The summed E-state index contributed by atoms with van der Waals surface area (Å²) < 4.78 is 35.1. The van der Waals surface area contributed by atoms with Gasteiger partial charge in [-0.1, -0.05) is 6.07 Å². The summed E-state index contributed by atoms with van der Waals surface area (Å²) in [5.41, 5.74) is 0.337. The first-order valence-electron chi connectivity index (χ1n) is 6.31. The molecule has 118 valence electrons. The monoisotopic (exact) mass is 316 g/mol. The van der Waals surface area contributed by atoms with E-state index in [9.17, 15) is 13.2 Å². The van der Waals surface area contributed by atoms with Crippen molar-refractivity contribution in [1.82, 2.24) is 5.32 Å². The Morgan fingerprint density at radius 2 is 2.00 bits per heavy atom. The van der Waals surface area contributed by atoms with Crippen LogP contribution in [0, 0.1) is 0 Å². The van der Waals surface area contributed by atoms with Gasteiger partial charge in [0.25, 0.3) is 5.91 Å². The second kappa shape index (κ2) is 7.84. The molecule has 1 aromatic rings. The quantitative estimate of drug-likeness (QED) is 0.693. The van der Waals surface area contributed by atoms with Crippen molar-refractivity contribution in [1.29, 1.82) is 0 Å². The highest BCUT2D eigenvalue weighted by Gasteiger charge is 2.18. The van der Waals surface area contributed by atoms with Gasteiger partial charge < -0.3 is 14.8 Å². The van der Waals surface area contributed by atoms with Crippen molar-refractivity contribution in [3.63, 3.8) is 0 Å². The molecule has 0 saturated carbocycles. The maximum absolute atomic E-state index is 12.2. The van der Waals surface area contributed by atoms with Gasteiger partial charge in [0.1, 0.15) is 11.3 Å². The average molecular weight is 316 g/mol. The fraction of sp³-hybridized carbons (Fsp3) is 0.462. The van der Waals surface area contributed by atoms with Gasteiger partial charge in [-0.3, -0.25) is 9.52 Å². The number of carbonyl (C=O) groups is 1. The molecule has 0 aliphatic carbocycles. The number of benzene rings is 1. The summed E-state index contributed by atoms with van der Waals surface area (Å²) in [7, 11) is -0.495. The lowest BCUT2D eigenvalue weighted by Crippen LogP contribution is -2.27. The minimum atomic E-state index is -3.49. The molecule has 0 aromatic heterocycles. The second-order valence-electron chi connectivity index (χ2n) is 4.36. The molecule has 0 fully saturated rings. The first kappa shape index (κ1) is 17.3. The van der Waals surface area contributed by atoms with Crippen molar-refractivity contribution in [3.05, 3.63) is 23.8 Å². The highest BCUT2D eigenvalue weighted by atomic mass is 32.2. The minimum Gasteiger partial charge on any atom is -0.496 e. The number of rotatable bonds is 8. The fourth-order valence-corrected chi connectivity index (χ4v) is 2.30. The lowest BCUT2D eigenvalue weighted by Gasteiger charge is -2.14. The Morgan fingerprint density at radius 3 is 2.57 bits per heavy atom. The number of nitrogens with one attached hydrogen (secondary N) is 2. The predicted molar refractivity (Wildman–Crippen MR) is 80.3 cm³/mol. The summed E-state index contributed by atoms with van der Waals surface area (Å²) in [5.74, 6) is -0.109. The van der Waals surface area contributed by atoms with Crippen LogP contribution in [0.3, 0.4) is 0 Å². The molecule has 0 atom stereocenters. The van der Waals surface area contributed by atoms with Crippen LogP contribution in [0.5, 0.6) is 5.75 Å². The van der Waals surface area contributed by atoms with Gasteiger partial charge >= 0.3 is 0 Å². The molecule has 7 nitrogen and oxygen atoms in total. The van der Waals surface area contributed by atoms with Gasteiger partial charge in [-0.2, -0.15) is 0 Å². The Morgan fingerprint density at radius 1 is 1.29 bits per heavy atom. The van der Waals surface area contributed by atoms with Gasteiger partial charge in [-0.25, -0.2) is 8.42 Å². The van der Waals surface area contributed by atoms with Gasteiger partial charge in [0.15, 0.2) is 0 Å². The number of sulfonamides is 1. The van der Waals surface area contributed by atoms with Gasteiger partial charge in [-0.15, -0.1) is 0 Å². The van der Waals surface area contributed by atoms with Gasteiger partial charge in [0.05, 0.1) is 19.1 Å². The number of hydrogen-bond acceptors (Lipinski definition) is 5. The van der Waals surface area contributed by atoms with Crippen LogP contribution in [0.15, 0.2) is 18.2 Å². The van der Waals surface area contributed by atoms with E-state index in [4.69, 9.17) is 9.47 Å². The predicted octanol–water partition coefficient (Wildman–Crippen LogP) is 0.833. The van der Waals surface area contributed by atoms with E-state index in [2.05, 4.69) is 10.0 Å². The van der Waals surface area contributed by atoms with Crippen LogP contribution in [0.4, 0.5) is 5.69 Å². The van der Waals surface area contributed by atoms with E-state index in [0.29, 0.717) is 25.3 Å². The second-order valence-corrected chi connectivity index (χ2v) is 6.11. The lowest BCUT2D eigenvalue weighted by atomic mass is 10.1. The minimum absolute atomic E-state index is 0.155. The first-order chi connectivity index (χ1) is 9.89. The molecule has 1 rings (SSSR count). The molecule has 0 aliphatic rings. The first-order valence-corrected chi connectivity index (χ1v) is 8.20. The summed E-state index contributed by atoms with van der Waals surface area (Å²) in [5, 5.41) is 2.70. The SMILES string of the molecule is COCCCNC(=O)c1c(NS(C)(=O)=O)cccc1OC. The number of ether oxygens (including phenoxy) is 2. The maximum Gasteiger partial charge on any atom is 0.257 e. The molecule has 0 aliphatic heterocycles. The number of methoxy groups -OCH3 is 2. The molecule has 1 amide bonds. The largest absolute Gasteiger partial charge is 0.496 e. The van der Waals surface area contributed by atoms with Crippen LogP contribution in [-0.4, -0.2) is 48.0 Å². The van der Waals surface area contributed by atoms with Crippen LogP contribution in [0.25, 0.3) is 0 Å². The van der Waals surface area contributed by atoms with Gasteiger partial charge in [-0.05, 0) is 18.6 Å². The molecular weight excluding hydrogens is 296 g/mol. The van der Waals surface area contributed by atoms with Crippen molar-refractivity contribution in [2.24, 2.45) is 0 Å². The third-order valence-electron chi connectivity index (χ3n) is 2.58. The summed E-state index contributed by atoms with van der Waals surface area (Å²) in [6, 6.07) is 4.71. The smallest absolute Gasteiger partial charge is 0.257 e. The Bertz CT molecular complexity index is 586. The molecule has 0 spiro atoms. The molecule has 0 bridgehead atoms. The number of carbonyl (C=O) groups excluding carboxylic acids is 1. The van der Waals surface area contributed by atoms with Crippen molar-refractivity contribution < 1.29 is 22.7 Å². The zero-order valence-corrected chi connectivity index (χ0v) is 13.1. The fourth-order valence-electron chi connectivity index (χ4n) is 1.73. The normalized spacial score (nSPS) is 11.0. The molecule has 0 heterocycles. The molecular formula is C13H20N2O5S. The van der Waals surface area contributed by atoms with Crippen molar-refractivity contribution in [2.75, 3.05) is 38.3 Å². The van der Waals surface area contributed by atoms with Crippen LogP contribution in [0.2, 0.25) is 0 Å². The van der Waals surface area contributed by atoms with Crippen LogP contribution in [-0.2, 0) is 14.8 Å². The van der Waals surface area contributed by atoms with Crippen molar-refractivity contribution >= 4 is 21.6 Å². The van der Waals surface area contributed by atoms with Crippen molar-refractivity contribution in [2.45, 2.75) is 6.42 Å². The zero-order chi connectivity index (χ0) is 15.9. The molecule has 8 heteroatoms. The number of amides is 1. The van der Waals surface area contributed by atoms with Gasteiger partial charge in [0.2, 0.25) is 10.0 Å². The number of hydrogen-bond donors (Lipinski definition) is 2. The summed E-state index contributed by atoms with van der Waals surface area (Å²) in [4.78, 5) is 12.2. The molecule has 1 aromatic carbocycles. The van der Waals surface area contributed by atoms with E-state index >= 15 is 0 Å². The molecule has 0 unspecified atom stereocenters. The lowest BCUT2D eigenvalue weighted by molar-refractivity contribution is 0.0946. The topological polar surface area (TPSA) is 93.7 Å². The summed E-state index contributed by atoms with van der Waals surface area (Å²) in [6.45, 7) is 0.948. The van der Waals surface area contributed by atoms with Crippen LogP contribution in [0.1, 0.15) is 16.8 Å². The Kier molecular flexibility index (Phi) is 6.44.